The molecule has 0 aliphatic rings. The van der Waals surface area contributed by atoms with E-state index >= 15 is 0 Å². The van der Waals surface area contributed by atoms with Crippen molar-refractivity contribution in [3.05, 3.63) is 29.1 Å². The fourth-order valence-electron chi connectivity index (χ4n) is 1.67. The van der Waals surface area contributed by atoms with E-state index in [0.717, 1.165) is 12.1 Å². The fraction of sp³-hybridized carbons (Fsp3) is 0.500. The molecule has 0 aliphatic heterocycles. The van der Waals surface area contributed by atoms with Crippen molar-refractivity contribution in [3.8, 4) is 0 Å². The minimum absolute atomic E-state index is 0.162. The highest BCUT2D eigenvalue weighted by Gasteiger charge is 2.21. The quantitative estimate of drug-likeness (QED) is 0.841. The maximum Gasteiger partial charge on any atom is 0.261 e. The van der Waals surface area contributed by atoms with Crippen LogP contribution >= 0.6 is 10.7 Å². The summed E-state index contributed by atoms with van der Waals surface area (Å²) in [6, 6.07) is 1.97. The third kappa shape index (κ3) is 4.68. The van der Waals surface area contributed by atoms with Gasteiger partial charge in [-0.3, -0.25) is 4.79 Å². The molecule has 1 atom stereocenters. The second kappa shape index (κ2) is 6.75. The first-order valence-electron chi connectivity index (χ1n) is 6.57. The third-order valence-corrected chi connectivity index (χ3v) is 4.96. The molecule has 1 aromatic carbocycles. The zero-order valence-electron chi connectivity index (χ0n) is 12.4. The Hall–Kier alpha value is -1.14. The van der Waals surface area contributed by atoms with Gasteiger partial charge in [0.05, 0.1) is 10.5 Å². The largest absolute Gasteiger partial charge is 0.352 e. The van der Waals surface area contributed by atoms with E-state index in [2.05, 4.69) is 5.32 Å². The molecule has 1 aromatic rings. The molecule has 0 aromatic heterocycles. The van der Waals surface area contributed by atoms with Crippen LogP contribution in [0.2, 0.25) is 0 Å². The Labute approximate surface area is 129 Å². The highest BCUT2D eigenvalue weighted by molar-refractivity contribution is 8.13. The molecule has 0 heterocycles. The minimum atomic E-state index is -4.03. The third-order valence-electron chi connectivity index (χ3n) is 3.49. The first-order valence-corrected chi connectivity index (χ1v) is 8.88. The summed E-state index contributed by atoms with van der Waals surface area (Å²) in [5.41, 5.74) is -0.162. The van der Waals surface area contributed by atoms with Gasteiger partial charge in [-0.1, -0.05) is 20.8 Å². The molecule has 0 bridgehead atoms. The monoisotopic (exact) mass is 335 g/mol. The molecule has 0 saturated heterocycles. The summed E-state index contributed by atoms with van der Waals surface area (Å²) in [4.78, 5) is 11.7. The van der Waals surface area contributed by atoms with Crippen molar-refractivity contribution in [1.82, 2.24) is 5.32 Å². The number of benzene rings is 1. The van der Waals surface area contributed by atoms with Crippen molar-refractivity contribution in [3.63, 3.8) is 0 Å². The smallest absolute Gasteiger partial charge is 0.261 e. The van der Waals surface area contributed by atoms with Crippen molar-refractivity contribution in [2.75, 3.05) is 6.54 Å². The second-order valence-corrected chi connectivity index (χ2v) is 8.00. The highest BCUT2D eigenvalue weighted by atomic mass is 35.7. The maximum atomic E-state index is 13.9. The van der Waals surface area contributed by atoms with Crippen LogP contribution in [0, 0.1) is 24.6 Å². The Morgan fingerprint density at radius 3 is 2.38 bits per heavy atom. The van der Waals surface area contributed by atoms with Crippen LogP contribution in [0.25, 0.3) is 0 Å². The Kier molecular flexibility index (Phi) is 5.75. The molecule has 1 amide bonds. The Morgan fingerprint density at radius 2 is 1.90 bits per heavy atom. The van der Waals surface area contributed by atoms with E-state index in [1.54, 1.807) is 0 Å². The number of aryl methyl sites for hydroxylation is 1. The number of hydrogen-bond donors (Lipinski definition) is 1. The van der Waals surface area contributed by atoms with Crippen molar-refractivity contribution >= 4 is 25.6 Å². The summed E-state index contributed by atoms with van der Waals surface area (Å²) in [5, 5.41) is 2.60. The molecule has 1 unspecified atom stereocenters. The Morgan fingerprint density at radius 1 is 1.33 bits per heavy atom. The molecule has 118 valence electrons. The molecule has 0 spiro atoms. The lowest BCUT2D eigenvalue weighted by atomic mass is 9.98. The van der Waals surface area contributed by atoms with Gasteiger partial charge in [-0.25, -0.2) is 12.8 Å². The normalized spacial score (nSPS) is 13.3. The first-order chi connectivity index (χ1) is 9.54. The van der Waals surface area contributed by atoms with E-state index in [1.807, 2.05) is 20.8 Å². The van der Waals surface area contributed by atoms with Gasteiger partial charge in [-0.05, 0) is 36.5 Å². The summed E-state index contributed by atoms with van der Waals surface area (Å²) in [5.74, 6) is -0.835. The van der Waals surface area contributed by atoms with E-state index < -0.39 is 20.8 Å². The van der Waals surface area contributed by atoms with Crippen LogP contribution in [0.5, 0.6) is 0 Å². The fourth-order valence-corrected chi connectivity index (χ4v) is 2.87. The molecule has 0 saturated carbocycles. The van der Waals surface area contributed by atoms with Crippen molar-refractivity contribution < 1.29 is 17.6 Å². The van der Waals surface area contributed by atoms with Gasteiger partial charge in [0.1, 0.15) is 5.82 Å². The summed E-state index contributed by atoms with van der Waals surface area (Å²) in [7, 11) is 1.25. The van der Waals surface area contributed by atoms with Crippen LogP contribution in [0.15, 0.2) is 17.0 Å². The molecule has 4 nitrogen and oxygen atoms in total. The van der Waals surface area contributed by atoms with Gasteiger partial charge in [0.15, 0.2) is 0 Å². The maximum absolute atomic E-state index is 13.9. The molecular weight excluding hydrogens is 317 g/mol. The van der Waals surface area contributed by atoms with Crippen LogP contribution < -0.4 is 5.32 Å². The number of hydrogen-bond acceptors (Lipinski definition) is 3. The van der Waals surface area contributed by atoms with Gasteiger partial charge in [-0.15, -0.1) is 0 Å². The lowest BCUT2D eigenvalue weighted by Crippen LogP contribution is -2.30. The molecule has 7 heteroatoms. The lowest BCUT2D eigenvalue weighted by Gasteiger charge is -2.16. The topological polar surface area (TPSA) is 63.2 Å². The average Bonchev–Trinajstić information content (AvgIpc) is 2.33. The van der Waals surface area contributed by atoms with Crippen LogP contribution in [0.1, 0.15) is 36.7 Å². The Balaban J connectivity index is 3.05. The summed E-state index contributed by atoms with van der Waals surface area (Å²) >= 11 is 0. The number of rotatable bonds is 5. The lowest BCUT2D eigenvalue weighted by molar-refractivity contribution is 0.0940. The van der Waals surface area contributed by atoms with E-state index in [9.17, 15) is 17.6 Å². The van der Waals surface area contributed by atoms with E-state index in [1.165, 1.54) is 6.92 Å². The van der Waals surface area contributed by atoms with Gasteiger partial charge in [0, 0.05) is 17.2 Å². The van der Waals surface area contributed by atoms with E-state index in [0.29, 0.717) is 12.5 Å². The molecule has 21 heavy (non-hydrogen) atoms. The standard InChI is InChI=1S/C14H19ClFNO3S/c1-8(2)10(4)7-17-14(18)11-6-13(21(15,19)20)9(3)5-12(11)16/h5-6,8,10H,7H2,1-4H3,(H,17,18). The number of carbonyl (C=O) groups is 1. The first kappa shape index (κ1) is 17.9. The van der Waals surface area contributed by atoms with Crippen molar-refractivity contribution in [2.45, 2.75) is 32.6 Å². The zero-order valence-corrected chi connectivity index (χ0v) is 14.0. The van der Waals surface area contributed by atoms with Crippen LogP contribution in [-0.4, -0.2) is 20.9 Å². The molecular formula is C14H19ClFNO3S. The molecule has 0 fully saturated rings. The number of amides is 1. The van der Waals surface area contributed by atoms with Gasteiger partial charge in [0.25, 0.3) is 15.0 Å². The predicted molar refractivity (Wildman–Crippen MR) is 80.5 cm³/mol. The number of nitrogens with one attached hydrogen (secondary N) is 1. The van der Waals surface area contributed by atoms with Gasteiger partial charge in [0.2, 0.25) is 0 Å². The zero-order chi connectivity index (χ0) is 16.4. The van der Waals surface area contributed by atoms with Crippen molar-refractivity contribution in [2.24, 2.45) is 11.8 Å². The van der Waals surface area contributed by atoms with E-state index in [4.69, 9.17) is 10.7 Å². The summed E-state index contributed by atoms with van der Waals surface area (Å²) < 4.78 is 36.7. The summed E-state index contributed by atoms with van der Waals surface area (Å²) in [6.45, 7) is 7.79. The van der Waals surface area contributed by atoms with Gasteiger partial charge >= 0.3 is 0 Å². The SMILES string of the molecule is Cc1cc(F)c(C(=O)NCC(C)C(C)C)cc1S(=O)(=O)Cl. The number of carbonyl (C=O) groups excluding carboxylic acids is 1. The molecule has 0 radical (unpaired) electrons. The average molecular weight is 336 g/mol. The molecule has 0 aliphatic carbocycles. The van der Waals surface area contributed by atoms with Crippen LogP contribution in [0.3, 0.4) is 0 Å². The predicted octanol–water partition coefficient (Wildman–Crippen LogP) is 3.08. The van der Waals surface area contributed by atoms with Gasteiger partial charge in [-0.2, -0.15) is 0 Å². The van der Waals surface area contributed by atoms with Crippen molar-refractivity contribution in [1.29, 1.82) is 0 Å². The number of halogens is 2. The highest BCUT2D eigenvalue weighted by Crippen LogP contribution is 2.23. The van der Waals surface area contributed by atoms with Gasteiger partial charge < -0.3 is 5.32 Å². The second-order valence-electron chi connectivity index (χ2n) is 5.47. The summed E-state index contributed by atoms with van der Waals surface area (Å²) in [6.07, 6.45) is 0. The minimum Gasteiger partial charge on any atom is -0.352 e. The molecule has 1 N–H and O–H groups in total. The van der Waals surface area contributed by atoms with Crippen LogP contribution in [-0.2, 0) is 9.05 Å². The van der Waals surface area contributed by atoms with E-state index in [-0.39, 0.29) is 21.9 Å². The van der Waals surface area contributed by atoms with Crippen LogP contribution in [0.4, 0.5) is 4.39 Å². The molecule has 1 rings (SSSR count). The Bertz CT molecular complexity index is 644.